The maximum absolute atomic E-state index is 11.3. The summed E-state index contributed by atoms with van der Waals surface area (Å²) in [5.41, 5.74) is 0. The number of carbonyl (C=O) groups excluding carboxylic acids is 2. The summed E-state index contributed by atoms with van der Waals surface area (Å²) >= 11 is -1.52. The van der Waals surface area contributed by atoms with E-state index in [0.717, 1.165) is 4.31 Å². The second kappa shape index (κ2) is 9.22. The van der Waals surface area contributed by atoms with Crippen molar-refractivity contribution in [3.63, 3.8) is 0 Å². The second-order valence-electron chi connectivity index (χ2n) is 2.62. The normalized spacial score (nSPS) is 11.7. The van der Waals surface area contributed by atoms with Gasteiger partial charge in [0.25, 0.3) is 11.3 Å². The first-order valence-corrected chi connectivity index (χ1v) is 6.18. The van der Waals surface area contributed by atoms with Crippen LogP contribution >= 0.6 is 12.2 Å². The summed E-state index contributed by atoms with van der Waals surface area (Å²) in [6.45, 7) is 1.60. The van der Waals surface area contributed by atoms with Gasteiger partial charge in [0.15, 0.2) is 12.2 Å². The van der Waals surface area contributed by atoms with Gasteiger partial charge in [-0.1, -0.05) is 0 Å². The van der Waals surface area contributed by atoms with E-state index in [9.17, 15) is 13.8 Å². The molecular weight excluding hydrogens is 272 g/mol. The van der Waals surface area contributed by atoms with Gasteiger partial charge in [-0.3, -0.25) is 13.7 Å². The average molecular weight is 286 g/mol. The molecule has 0 aliphatic carbocycles. The van der Waals surface area contributed by atoms with Crippen LogP contribution in [-0.4, -0.2) is 47.9 Å². The molecule has 0 radical (unpaired) electrons. The fourth-order valence-electron chi connectivity index (χ4n) is 0.496. The highest BCUT2D eigenvalue weighted by Gasteiger charge is 2.18. The second-order valence-corrected chi connectivity index (χ2v) is 4.38. The Morgan fingerprint density at radius 2 is 2.06 bits per heavy atom. The Kier molecular flexibility index (Phi) is 8.76. The highest BCUT2D eigenvalue weighted by Crippen LogP contribution is 2.04. The smallest absolute Gasteiger partial charge is 0.382 e. The summed E-state index contributed by atoms with van der Waals surface area (Å²) in [6, 6.07) is 0. The molecule has 8 nitrogen and oxygen atoms in total. The SMILES string of the molecule is COCCOS(=O)N(C)C(=O)OSNC(C)=O. The van der Waals surface area contributed by atoms with Gasteiger partial charge in [-0.05, 0) is 0 Å². The van der Waals surface area contributed by atoms with Crippen LogP contribution in [0.1, 0.15) is 6.92 Å². The Hall–Kier alpha value is -0.840. The van der Waals surface area contributed by atoms with E-state index < -0.39 is 17.4 Å². The Morgan fingerprint density at radius 3 is 2.59 bits per heavy atom. The van der Waals surface area contributed by atoms with E-state index in [2.05, 4.69) is 13.6 Å². The Bertz CT molecular complexity index is 288. The minimum Gasteiger partial charge on any atom is -0.382 e. The van der Waals surface area contributed by atoms with Crippen LogP contribution < -0.4 is 4.72 Å². The van der Waals surface area contributed by atoms with Crippen molar-refractivity contribution in [2.24, 2.45) is 0 Å². The molecule has 0 spiro atoms. The van der Waals surface area contributed by atoms with Gasteiger partial charge in [0.1, 0.15) is 0 Å². The van der Waals surface area contributed by atoms with E-state index >= 15 is 0 Å². The number of methoxy groups -OCH3 is 1. The van der Waals surface area contributed by atoms with E-state index in [1.54, 1.807) is 0 Å². The Labute approximate surface area is 106 Å². The van der Waals surface area contributed by atoms with Gasteiger partial charge in [0.2, 0.25) is 5.91 Å². The van der Waals surface area contributed by atoms with Gasteiger partial charge in [0, 0.05) is 21.1 Å². The van der Waals surface area contributed by atoms with E-state index in [-0.39, 0.29) is 19.1 Å². The average Bonchev–Trinajstić information content (AvgIpc) is 2.27. The van der Waals surface area contributed by atoms with Crippen molar-refractivity contribution < 1.29 is 26.9 Å². The fraction of sp³-hybridized carbons (Fsp3) is 0.714. The van der Waals surface area contributed by atoms with Crippen LogP contribution in [0.4, 0.5) is 4.79 Å². The zero-order valence-electron chi connectivity index (χ0n) is 9.63. The highest BCUT2D eigenvalue weighted by molar-refractivity contribution is 7.93. The summed E-state index contributed by atoms with van der Waals surface area (Å²) < 4.78 is 28.2. The first-order valence-electron chi connectivity index (χ1n) is 4.41. The highest BCUT2D eigenvalue weighted by atomic mass is 32.2. The molecule has 1 N–H and O–H groups in total. The lowest BCUT2D eigenvalue weighted by Gasteiger charge is -2.13. The number of rotatable bonds is 7. The Balaban J connectivity index is 3.86. The van der Waals surface area contributed by atoms with E-state index in [4.69, 9.17) is 4.18 Å². The predicted octanol–water partition coefficient (Wildman–Crippen LogP) is -0.00420. The van der Waals surface area contributed by atoms with Crippen LogP contribution in [0.3, 0.4) is 0 Å². The number of hydrogen-bond donors (Lipinski definition) is 1. The first kappa shape index (κ1) is 16.2. The molecule has 0 rings (SSSR count). The molecule has 2 amide bonds. The molecule has 100 valence electrons. The van der Waals surface area contributed by atoms with Crippen LogP contribution in [0.15, 0.2) is 0 Å². The number of carbonyl (C=O) groups is 2. The van der Waals surface area contributed by atoms with E-state index in [1.807, 2.05) is 0 Å². The molecule has 10 heteroatoms. The summed E-state index contributed by atoms with van der Waals surface area (Å²) in [7, 11) is 2.70. The van der Waals surface area contributed by atoms with Gasteiger partial charge in [-0.25, -0.2) is 13.3 Å². The lowest BCUT2D eigenvalue weighted by molar-refractivity contribution is -0.117. The van der Waals surface area contributed by atoms with Gasteiger partial charge in [-0.15, -0.1) is 0 Å². The van der Waals surface area contributed by atoms with Crippen LogP contribution in [-0.2, 0) is 29.2 Å². The fourth-order valence-corrected chi connectivity index (χ4v) is 1.41. The van der Waals surface area contributed by atoms with Crippen molar-refractivity contribution in [3.8, 4) is 0 Å². The molecular formula is C7H14N2O6S2. The zero-order valence-corrected chi connectivity index (χ0v) is 11.3. The predicted molar refractivity (Wildman–Crippen MR) is 61.6 cm³/mol. The number of ether oxygens (including phenoxy) is 1. The Morgan fingerprint density at radius 1 is 1.41 bits per heavy atom. The summed E-state index contributed by atoms with van der Waals surface area (Å²) in [6.07, 6.45) is -0.903. The topological polar surface area (TPSA) is 94.2 Å². The van der Waals surface area contributed by atoms with Gasteiger partial charge in [-0.2, -0.15) is 0 Å². The molecule has 0 aromatic heterocycles. The molecule has 0 saturated carbocycles. The third-order valence-corrected chi connectivity index (χ3v) is 2.81. The molecule has 0 bridgehead atoms. The molecule has 0 aromatic rings. The molecule has 0 fully saturated rings. The quantitative estimate of drug-likeness (QED) is 0.400. The number of amides is 2. The van der Waals surface area contributed by atoms with Crippen LogP contribution in [0, 0.1) is 0 Å². The lowest BCUT2D eigenvalue weighted by atomic mass is 10.8. The third kappa shape index (κ3) is 7.96. The maximum atomic E-state index is 11.3. The number of nitrogens with zero attached hydrogens (tertiary/aromatic N) is 1. The molecule has 0 heterocycles. The minimum atomic E-state index is -1.96. The molecule has 0 aliphatic rings. The largest absolute Gasteiger partial charge is 0.437 e. The number of nitrogens with one attached hydrogen (secondary N) is 1. The van der Waals surface area contributed by atoms with Crippen molar-refractivity contribution in [1.82, 2.24) is 9.03 Å². The van der Waals surface area contributed by atoms with Gasteiger partial charge < -0.3 is 8.92 Å². The standard InChI is InChI=1S/C7H14N2O6S2/c1-6(10)8-16-15-7(11)9(2)17(12)14-5-4-13-3/h4-5H2,1-3H3,(H,8,10). The molecule has 1 unspecified atom stereocenters. The van der Waals surface area contributed by atoms with Crippen LogP contribution in [0.25, 0.3) is 0 Å². The van der Waals surface area contributed by atoms with Crippen LogP contribution in [0.2, 0.25) is 0 Å². The van der Waals surface area contributed by atoms with Crippen molar-refractivity contribution in [2.45, 2.75) is 6.92 Å². The molecule has 0 saturated heterocycles. The third-order valence-electron chi connectivity index (χ3n) is 1.25. The minimum absolute atomic E-state index is 0.0829. The summed E-state index contributed by atoms with van der Waals surface area (Å²) in [5, 5.41) is 0. The van der Waals surface area contributed by atoms with Crippen molar-refractivity contribution in [2.75, 3.05) is 27.4 Å². The summed E-state index contributed by atoms with van der Waals surface area (Å²) in [4.78, 5) is 21.7. The molecule has 17 heavy (non-hydrogen) atoms. The van der Waals surface area contributed by atoms with Crippen molar-refractivity contribution in [3.05, 3.63) is 0 Å². The van der Waals surface area contributed by atoms with E-state index in [0.29, 0.717) is 12.2 Å². The first-order chi connectivity index (χ1) is 7.99. The zero-order chi connectivity index (χ0) is 13.3. The molecule has 0 aromatic carbocycles. The molecule has 0 aliphatic heterocycles. The summed E-state index contributed by atoms with van der Waals surface area (Å²) in [5.74, 6) is -0.372. The number of hydrogen-bond acceptors (Lipinski definition) is 7. The van der Waals surface area contributed by atoms with Crippen molar-refractivity contribution in [1.29, 1.82) is 0 Å². The van der Waals surface area contributed by atoms with E-state index in [1.165, 1.54) is 21.1 Å². The van der Waals surface area contributed by atoms with Crippen LogP contribution in [0.5, 0.6) is 0 Å². The monoisotopic (exact) mass is 286 g/mol. The maximum Gasteiger partial charge on any atom is 0.437 e. The van der Waals surface area contributed by atoms with Gasteiger partial charge in [0.05, 0.1) is 13.2 Å². The lowest BCUT2D eigenvalue weighted by Crippen LogP contribution is -2.30. The van der Waals surface area contributed by atoms with Crippen molar-refractivity contribution >= 4 is 35.5 Å². The van der Waals surface area contributed by atoms with Gasteiger partial charge >= 0.3 is 6.09 Å². The molecule has 1 atom stereocenters.